The number of aliphatic hydroxyl groups is 14. The molecular formula is C24H42O21. The second-order valence-corrected chi connectivity index (χ2v) is 11.2. The van der Waals surface area contributed by atoms with E-state index >= 15 is 0 Å². The highest BCUT2D eigenvalue weighted by atomic mass is 16.8. The molecule has 0 spiro atoms. The summed E-state index contributed by atoms with van der Waals surface area (Å²) < 4.78 is 37.9. The van der Waals surface area contributed by atoms with Gasteiger partial charge in [0.15, 0.2) is 25.2 Å². The molecule has 4 aliphatic heterocycles. The Morgan fingerprint density at radius 1 is 0.378 bits per heavy atom. The minimum absolute atomic E-state index is 0.751. The minimum Gasteiger partial charge on any atom is -0.394 e. The molecule has 4 aliphatic rings. The van der Waals surface area contributed by atoms with E-state index in [-0.39, 0.29) is 0 Å². The summed E-state index contributed by atoms with van der Waals surface area (Å²) in [6, 6.07) is 0. The largest absolute Gasteiger partial charge is 0.394 e. The average Bonchev–Trinajstić information content (AvgIpc) is 3.03. The molecule has 21 nitrogen and oxygen atoms in total. The first kappa shape index (κ1) is 37.0. The molecule has 4 fully saturated rings. The summed E-state index contributed by atoms with van der Waals surface area (Å²) in [4.78, 5) is 0. The van der Waals surface area contributed by atoms with Gasteiger partial charge in [0.25, 0.3) is 0 Å². The van der Waals surface area contributed by atoms with E-state index in [9.17, 15) is 71.5 Å². The van der Waals surface area contributed by atoms with E-state index in [4.69, 9.17) is 33.2 Å². The molecule has 4 saturated heterocycles. The summed E-state index contributed by atoms with van der Waals surface area (Å²) in [7, 11) is 0. The number of ether oxygens (including phenoxy) is 7. The van der Waals surface area contributed by atoms with Crippen LogP contribution in [0, 0.1) is 0 Å². The highest BCUT2D eigenvalue weighted by molar-refractivity contribution is 4.96. The van der Waals surface area contributed by atoms with Crippen molar-refractivity contribution >= 4 is 0 Å². The van der Waals surface area contributed by atoms with Crippen molar-refractivity contribution in [2.45, 2.75) is 123 Å². The van der Waals surface area contributed by atoms with Gasteiger partial charge in [0.2, 0.25) is 0 Å². The highest BCUT2D eigenvalue weighted by Crippen LogP contribution is 2.32. The van der Waals surface area contributed by atoms with Crippen LogP contribution in [0.2, 0.25) is 0 Å². The second kappa shape index (κ2) is 15.6. The fraction of sp³-hybridized carbons (Fsp3) is 1.00. The highest BCUT2D eigenvalue weighted by Gasteiger charge is 2.53. The molecule has 0 aromatic rings. The molecule has 4 heterocycles. The monoisotopic (exact) mass is 666 g/mol. The van der Waals surface area contributed by atoms with Crippen LogP contribution in [0.3, 0.4) is 0 Å². The number of rotatable bonds is 10. The summed E-state index contributed by atoms with van der Waals surface area (Å²) >= 11 is 0. The summed E-state index contributed by atoms with van der Waals surface area (Å²) in [5.74, 6) is 0. The minimum atomic E-state index is -1.96. The zero-order valence-corrected chi connectivity index (χ0v) is 23.5. The smallest absolute Gasteiger partial charge is 0.187 e. The maximum absolute atomic E-state index is 10.8. The van der Waals surface area contributed by atoms with Crippen molar-refractivity contribution in [1.29, 1.82) is 0 Å². The van der Waals surface area contributed by atoms with Gasteiger partial charge in [-0.15, -0.1) is 0 Å². The van der Waals surface area contributed by atoms with E-state index in [2.05, 4.69) is 0 Å². The van der Waals surface area contributed by atoms with Gasteiger partial charge in [0.05, 0.1) is 26.4 Å². The molecule has 0 aromatic carbocycles. The van der Waals surface area contributed by atoms with Crippen molar-refractivity contribution < 1.29 is 105 Å². The third kappa shape index (κ3) is 7.59. The summed E-state index contributed by atoms with van der Waals surface area (Å²) in [6.07, 6.45) is -35.3. The Bertz CT molecular complexity index is 914. The molecule has 1 unspecified atom stereocenters. The summed E-state index contributed by atoms with van der Waals surface area (Å²) in [5.41, 5.74) is 0. The van der Waals surface area contributed by atoms with Crippen molar-refractivity contribution in [3.8, 4) is 0 Å². The Morgan fingerprint density at radius 2 is 0.800 bits per heavy atom. The van der Waals surface area contributed by atoms with Crippen LogP contribution in [0.4, 0.5) is 0 Å². The molecule has 0 amide bonds. The van der Waals surface area contributed by atoms with Gasteiger partial charge in [-0.1, -0.05) is 0 Å². The Balaban J connectivity index is 1.48. The molecule has 264 valence electrons. The van der Waals surface area contributed by atoms with Crippen molar-refractivity contribution in [3.05, 3.63) is 0 Å². The van der Waals surface area contributed by atoms with Gasteiger partial charge in [-0.2, -0.15) is 0 Å². The number of hydrogen-bond donors (Lipinski definition) is 14. The predicted octanol–water partition coefficient (Wildman–Crippen LogP) is -9.75. The molecule has 20 atom stereocenters. The van der Waals surface area contributed by atoms with Crippen LogP contribution in [0.25, 0.3) is 0 Å². The molecule has 0 bridgehead atoms. The van der Waals surface area contributed by atoms with Crippen molar-refractivity contribution in [3.63, 3.8) is 0 Å². The van der Waals surface area contributed by atoms with E-state index in [1.165, 1.54) is 0 Å². The van der Waals surface area contributed by atoms with E-state index < -0.39 is 149 Å². The lowest BCUT2D eigenvalue weighted by Crippen LogP contribution is -2.66. The Labute approximate surface area is 254 Å². The quantitative estimate of drug-likeness (QED) is 0.103. The average molecular weight is 667 g/mol. The van der Waals surface area contributed by atoms with Crippen LogP contribution < -0.4 is 0 Å². The first-order valence-corrected chi connectivity index (χ1v) is 14.1. The van der Waals surface area contributed by atoms with E-state index in [1.54, 1.807) is 0 Å². The van der Waals surface area contributed by atoms with Crippen LogP contribution in [0.5, 0.6) is 0 Å². The van der Waals surface area contributed by atoms with Gasteiger partial charge in [0.1, 0.15) is 97.7 Å². The molecule has 14 N–H and O–H groups in total. The van der Waals surface area contributed by atoms with E-state index in [1.807, 2.05) is 0 Å². The van der Waals surface area contributed by atoms with E-state index in [0.29, 0.717) is 0 Å². The van der Waals surface area contributed by atoms with Crippen LogP contribution in [0.1, 0.15) is 0 Å². The van der Waals surface area contributed by atoms with Crippen LogP contribution in [0.15, 0.2) is 0 Å². The lowest BCUT2D eigenvalue weighted by Gasteiger charge is -2.47. The van der Waals surface area contributed by atoms with Gasteiger partial charge in [0, 0.05) is 0 Å². The normalized spacial score (nSPS) is 52.9. The van der Waals surface area contributed by atoms with Gasteiger partial charge in [-0.05, 0) is 0 Å². The molecule has 45 heavy (non-hydrogen) atoms. The third-order valence-electron chi connectivity index (χ3n) is 8.19. The lowest BCUT2D eigenvalue weighted by molar-refractivity contribution is -0.378. The Morgan fingerprint density at radius 3 is 1.33 bits per heavy atom. The Kier molecular flexibility index (Phi) is 12.8. The van der Waals surface area contributed by atoms with Crippen molar-refractivity contribution in [1.82, 2.24) is 0 Å². The molecule has 0 saturated carbocycles. The molecule has 0 aliphatic carbocycles. The van der Waals surface area contributed by atoms with Crippen molar-refractivity contribution in [2.75, 3.05) is 26.4 Å². The zero-order valence-electron chi connectivity index (χ0n) is 23.5. The molecule has 21 heteroatoms. The fourth-order valence-corrected chi connectivity index (χ4v) is 5.42. The summed E-state index contributed by atoms with van der Waals surface area (Å²) in [5, 5.41) is 142. The first-order valence-electron chi connectivity index (χ1n) is 14.1. The second-order valence-electron chi connectivity index (χ2n) is 11.2. The molecule has 0 radical (unpaired) electrons. The number of aliphatic hydroxyl groups excluding tert-OH is 14. The van der Waals surface area contributed by atoms with Crippen molar-refractivity contribution in [2.24, 2.45) is 0 Å². The molecule has 0 aromatic heterocycles. The zero-order chi connectivity index (χ0) is 33.3. The third-order valence-corrected chi connectivity index (χ3v) is 8.19. The van der Waals surface area contributed by atoms with Gasteiger partial charge in [-0.3, -0.25) is 0 Å². The van der Waals surface area contributed by atoms with Gasteiger partial charge >= 0.3 is 0 Å². The lowest BCUT2D eigenvalue weighted by atomic mass is 9.96. The molecule has 4 rings (SSSR count). The van der Waals surface area contributed by atoms with E-state index in [0.717, 1.165) is 0 Å². The maximum atomic E-state index is 10.8. The van der Waals surface area contributed by atoms with Crippen LogP contribution >= 0.6 is 0 Å². The SMILES string of the molecule is OC[C@H]1O[C@H](O[C@H]2[C@@H](OC[C@H]3O[C@H](O[C@H]4[C@H](O)[C@@H](O)C(O)O[C@@H]4CO)[C@H](O)[C@@H](O)[C@@H]3O)O[C@H](CO)[C@@H](O)[C@@H]2O)[C@H](O)[C@@H](O)[C@@H]1O. The fourth-order valence-electron chi connectivity index (χ4n) is 5.42. The topological polar surface area (TPSA) is 348 Å². The van der Waals surface area contributed by atoms with Gasteiger partial charge in [-0.25, -0.2) is 0 Å². The van der Waals surface area contributed by atoms with Crippen LogP contribution in [-0.2, 0) is 33.2 Å². The predicted molar refractivity (Wildman–Crippen MR) is 134 cm³/mol. The van der Waals surface area contributed by atoms with Gasteiger partial charge < -0.3 is 105 Å². The summed E-state index contributed by atoms with van der Waals surface area (Å²) in [6.45, 7) is -3.20. The maximum Gasteiger partial charge on any atom is 0.187 e. The standard InChI is InChI=1S/C24H42O21/c25-1-5-9(28)12(31)17(36)22(41-5)45-20-14(33)10(29)6(2-26)42-24(20)39-4-8-11(30)13(32)18(37)23(43-8)44-19-7(3-27)40-21(38)16(35)15(19)34/h5-38H,1-4H2/t5-,6-,7-,8-,9-,10-,11-,12+,13+,14+,15-,16-,17-,18-,19-,20-,21?,22-,23-,24+/m1/s1. The number of hydrogen-bond acceptors (Lipinski definition) is 21. The first-order chi connectivity index (χ1) is 21.2. The van der Waals surface area contributed by atoms with Crippen LogP contribution in [-0.4, -0.2) is 221 Å². The Hall–Kier alpha value is -0.840. The molecular weight excluding hydrogens is 624 g/mol.